The van der Waals surface area contributed by atoms with Crippen LogP contribution in [0.5, 0.6) is 0 Å². The lowest BCUT2D eigenvalue weighted by Crippen LogP contribution is -2.33. The molecule has 0 radical (unpaired) electrons. The molecule has 2 heterocycles. The normalized spacial score (nSPS) is 16.1. The van der Waals surface area contributed by atoms with Gasteiger partial charge in [-0.05, 0) is 12.5 Å². The summed E-state index contributed by atoms with van der Waals surface area (Å²) in [5, 5.41) is 8.69. The van der Waals surface area contributed by atoms with E-state index >= 15 is 0 Å². The number of hydrogen-bond donors (Lipinski definition) is 0. The van der Waals surface area contributed by atoms with Gasteiger partial charge >= 0.3 is 6.18 Å². The standard InChI is InChI=1S/C11H9F3N4/c12-11(13,14)8-2-5-18(6-3-8)10-16-4-1-9(7-15)17-10/h1-2,4H,3,5-6H2. The maximum Gasteiger partial charge on any atom is 0.412 e. The van der Waals surface area contributed by atoms with Gasteiger partial charge < -0.3 is 4.90 Å². The van der Waals surface area contributed by atoms with Crippen LogP contribution in [0.25, 0.3) is 0 Å². The van der Waals surface area contributed by atoms with Crippen molar-refractivity contribution in [1.29, 1.82) is 5.26 Å². The largest absolute Gasteiger partial charge is 0.412 e. The Labute approximate surface area is 101 Å². The Morgan fingerprint density at radius 2 is 2.17 bits per heavy atom. The zero-order valence-corrected chi connectivity index (χ0v) is 9.28. The van der Waals surface area contributed by atoms with E-state index in [9.17, 15) is 13.2 Å². The van der Waals surface area contributed by atoms with Gasteiger partial charge in [-0.3, -0.25) is 0 Å². The van der Waals surface area contributed by atoms with Gasteiger partial charge in [0.15, 0.2) is 0 Å². The number of hydrogen-bond acceptors (Lipinski definition) is 4. The van der Waals surface area contributed by atoms with Crippen LogP contribution in [0, 0.1) is 11.3 Å². The van der Waals surface area contributed by atoms with E-state index in [2.05, 4.69) is 9.97 Å². The van der Waals surface area contributed by atoms with Crippen LogP contribution in [0.1, 0.15) is 12.1 Å². The van der Waals surface area contributed by atoms with E-state index in [1.165, 1.54) is 12.3 Å². The van der Waals surface area contributed by atoms with Gasteiger partial charge in [-0.15, -0.1) is 0 Å². The fraction of sp³-hybridized carbons (Fsp3) is 0.364. The Morgan fingerprint density at radius 3 is 2.72 bits per heavy atom. The highest BCUT2D eigenvalue weighted by Gasteiger charge is 2.35. The molecule has 0 atom stereocenters. The average Bonchev–Trinajstić information content (AvgIpc) is 2.38. The number of aromatic nitrogens is 2. The smallest absolute Gasteiger partial charge is 0.337 e. The van der Waals surface area contributed by atoms with Crippen molar-refractivity contribution in [3.63, 3.8) is 0 Å². The van der Waals surface area contributed by atoms with Crippen LogP contribution in [0.3, 0.4) is 0 Å². The minimum atomic E-state index is -4.26. The molecule has 0 aromatic carbocycles. The first-order valence-electron chi connectivity index (χ1n) is 5.25. The molecule has 0 spiro atoms. The Kier molecular flexibility index (Phi) is 3.19. The van der Waals surface area contributed by atoms with Crippen LogP contribution in [-0.4, -0.2) is 29.2 Å². The van der Waals surface area contributed by atoms with Gasteiger partial charge in [0, 0.05) is 24.9 Å². The number of anilines is 1. The lowest BCUT2D eigenvalue weighted by molar-refractivity contribution is -0.0944. The third-order valence-corrected chi connectivity index (χ3v) is 2.61. The van der Waals surface area contributed by atoms with Crippen LogP contribution in [0.2, 0.25) is 0 Å². The van der Waals surface area contributed by atoms with Crippen molar-refractivity contribution in [3.05, 3.63) is 29.6 Å². The molecular formula is C11H9F3N4. The Morgan fingerprint density at radius 1 is 1.39 bits per heavy atom. The second-order valence-electron chi connectivity index (χ2n) is 3.78. The van der Waals surface area contributed by atoms with E-state index in [1.54, 1.807) is 4.90 Å². The molecule has 1 aliphatic rings. The van der Waals surface area contributed by atoms with Crippen molar-refractivity contribution in [3.8, 4) is 6.07 Å². The van der Waals surface area contributed by atoms with Crippen LogP contribution in [0.15, 0.2) is 23.9 Å². The van der Waals surface area contributed by atoms with Gasteiger partial charge in [0.1, 0.15) is 11.8 Å². The van der Waals surface area contributed by atoms with E-state index in [0.29, 0.717) is 0 Å². The van der Waals surface area contributed by atoms with E-state index in [4.69, 9.17) is 5.26 Å². The molecule has 1 aromatic heterocycles. The van der Waals surface area contributed by atoms with Crippen molar-refractivity contribution in [1.82, 2.24) is 9.97 Å². The molecule has 0 bridgehead atoms. The topological polar surface area (TPSA) is 52.8 Å². The minimum Gasteiger partial charge on any atom is -0.337 e. The Balaban J connectivity index is 2.15. The third kappa shape index (κ3) is 2.59. The Bertz CT molecular complexity index is 516. The molecule has 0 saturated carbocycles. The summed E-state index contributed by atoms with van der Waals surface area (Å²) < 4.78 is 37.3. The van der Waals surface area contributed by atoms with Crippen molar-refractivity contribution >= 4 is 5.95 Å². The number of nitrogens with zero attached hydrogens (tertiary/aromatic N) is 4. The summed E-state index contributed by atoms with van der Waals surface area (Å²) in [6, 6.07) is 3.32. The van der Waals surface area contributed by atoms with Gasteiger partial charge in [0.25, 0.3) is 0 Å². The number of nitriles is 1. The summed E-state index contributed by atoms with van der Waals surface area (Å²) in [5.74, 6) is 0.284. The third-order valence-electron chi connectivity index (χ3n) is 2.61. The van der Waals surface area contributed by atoms with E-state index in [1.807, 2.05) is 6.07 Å². The molecule has 0 aliphatic carbocycles. The minimum absolute atomic E-state index is 0.0936. The van der Waals surface area contributed by atoms with Crippen molar-refractivity contribution < 1.29 is 13.2 Å². The highest BCUT2D eigenvalue weighted by Crippen LogP contribution is 2.30. The first-order chi connectivity index (χ1) is 8.50. The first kappa shape index (κ1) is 12.4. The fourth-order valence-electron chi connectivity index (χ4n) is 1.67. The summed E-state index contributed by atoms with van der Waals surface area (Å²) in [6.07, 6.45) is -1.80. The summed E-state index contributed by atoms with van der Waals surface area (Å²) in [4.78, 5) is 9.50. The SMILES string of the molecule is N#Cc1ccnc(N2CC=C(C(F)(F)F)CC2)n1. The highest BCUT2D eigenvalue weighted by atomic mass is 19.4. The van der Waals surface area contributed by atoms with Crippen LogP contribution < -0.4 is 4.90 Å². The predicted octanol–water partition coefficient (Wildman–Crippen LogP) is 2.05. The molecule has 0 amide bonds. The zero-order valence-electron chi connectivity index (χ0n) is 9.28. The molecule has 0 N–H and O–H groups in total. The highest BCUT2D eigenvalue weighted by molar-refractivity contribution is 5.37. The number of alkyl halides is 3. The predicted molar refractivity (Wildman–Crippen MR) is 57.7 cm³/mol. The lowest BCUT2D eigenvalue weighted by atomic mass is 10.1. The maximum absolute atomic E-state index is 12.4. The van der Waals surface area contributed by atoms with E-state index in [-0.39, 0.29) is 31.2 Å². The average molecular weight is 254 g/mol. The number of halogens is 3. The lowest BCUT2D eigenvalue weighted by Gasteiger charge is -2.27. The zero-order chi connectivity index (χ0) is 13.2. The molecule has 4 nitrogen and oxygen atoms in total. The van der Waals surface area contributed by atoms with Gasteiger partial charge in [-0.1, -0.05) is 6.08 Å². The first-order valence-corrected chi connectivity index (χ1v) is 5.25. The van der Waals surface area contributed by atoms with Crippen LogP contribution >= 0.6 is 0 Å². The summed E-state index contributed by atoms with van der Waals surface area (Å²) >= 11 is 0. The van der Waals surface area contributed by atoms with Crippen LogP contribution in [0.4, 0.5) is 19.1 Å². The van der Waals surface area contributed by atoms with E-state index < -0.39 is 11.7 Å². The molecule has 1 aromatic rings. The van der Waals surface area contributed by atoms with E-state index in [0.717, 1.165) is 6.08 Å². The second-order valence-corrected chi connectivity index (χ2v) is 3.78. The summed E-state index contributed by atoms with van der Waals surface area (Å²) in [7, 11) is 0. The molecule has 7 heteroatoms. The monoisotopic (exact) mass is 254 g/mol. The molecule has 0 unspecified atom stereocenters. The van der Waals surface area contributed by atoms with Crippen molar-refractivity contribution in [2.45, 2.75) is 12.6 Å². The second kappa shape index (κ2) is 4.64. The van der Waals surface area contributed by atoms with Gasteiger partial charge in [-0.25, -0.2) is 9.97 Å². The van der Waals surface area contributed by atoms with Crippen molar-refractivity contribution in [2.24, 2.45) is 0 Å². The summed E-state index contributed by atoms with van der Waals surface area (Å²) in [6.45, 7) is 0.296. The number of rotatable bonds is 1. The molecule has 18 heavy (non-hydrogen) atoms. The fourth-order valence-corrected chi connectivity index (χ4v) is 1.67. The maximum atomic E-state index is 12.4. The van der Waals surface area contributed by atoms with Gasteiger partial charge in [0.05, 0.1) is 0 Å². The van der Waals surface area contributed by atoms with Gasteiger partial charge in [0.2, 0.25) is 5.95 Å². The molecular weight excluding hydrogens is 245 g/mol. The molecule has 0 fully saturated rings. The van der Waals surface area contributed by atoms with Crippen molar-refractivity contribution in [2.75, 3.05) is 18.0 Å². The molecule has 0 saturated heterocycles. The summed E-state index contributed by atoms with van der Waals surface area (Å²) in [5.41, 5.74) is -0.319. The van der Waals surface area contributed by atoms with Crippen LogP contribution in [-0.2, 0) is 0 Å². The molecule has 1 aliphatic heterocycles. The quantitative estimate of drug-likeness (QED) is 0.720. The molecule has 94 valence electrons. The molecule has 2 rings (SSSR count). The Hall–Kier alpha value is -2.10. The van der Waals surface area contributed by atoms with Gasteiger partial charge in [-0.2, -0.15) is 18.4 Å².